The van der Waals surface area contributed by atoms with Gasteiger partial charge in [0.25, 0.3) is 0 Å². The van der Waals surface area contributed by atoms with Gasteiger partial charge < -0.3 is 10.2 Å². The molecular formula is C27H31N3O. The number of nitrogens with zero attached hydrogens (tertiary/aromatic N) is 1. The largest absolute Gasteiger partial charge is 0.327 e. The summed E-state index contributed by atoms with van der Waals surface area (Å²) in [6.07, 6.45) is 0. The molecule has 3 aromatic rings. The van der Waals surface area contributed by atoms with Crippen LogP contribution in [0.2, 0.25) is 0 Å². The van der Waals surface area contributed by atoms with E-state index in [9.17, 15) is 4.79 Å². The van der Waals surface area contributed by atoms with Crippen molar-refractivity contribution >= 4 is 5.91 Å². The number of rotatable bonds is 8. The molecule has 4 nitrogen and oxygen atoms in total. The maximum Gasteiger partial charge on any atom is 0.246 e. The van der Waals surface area contributed by atoms with Gasteiger partial charge in [0.05, 0.1) is 6.04 Å². The second kappa shape index (κ2) is 9.46. The van der Waals surface area contributed by atoms with Crippen molar-refractivity contribution in [3.05, 3.63) is 108 Å². The predicted octanol–water partition coefficient (Wildman–Crippen LogP) is 4.14. The van der Waals surface area contributed by atoms with Crippen LogP contribution in [0.15, 0.2) is 91.0 Å². The minimum atomic E-state index is -0.595. The minimum absolute atomic E-state index is 0.0499. The fourth-order valence-electron chi connectivity index (χ4n) is 4.28. The van der Waals surface area contributed by atoms with Crippen LogP contribution in [-0.4, -0.2) is 35.5 Å². The van der Waals surface area contributed by atoms with Crippen molar-refractivity contribution in [3.63, 3.8) is 0 Å². The van der Waals surface area contributed by atoms with E-state index in [0.29, 0.717) is 19.6 Å². The Labute approximate surface area is 185 Å². The summed E-state index contributed by atoms with van der Waals surface area (Å²) in [5.41, 5.74) is 2.84. The summed E-state index contributed by atoms with van der Waals surface area (Å²) in [4.78, 5) is 16.2. The lowest BCUT2D eigenvalue weighted by atomic mass is 9.87. The highest BCUT2D eigenvalue weighted by molar-refractivity contribution is 5.89. The highest BCUT2D eigenvalue weighted by atomic mass is 16.2. The zero-order valence-corrected chi connectivity index (χ0v) is 18.3. The van der Waals surface area contributed by atoms with Gasteiger partial charge in [0.2, 0.25) is 5.91 Å². The van der Waals surface area contributed by atoms with E-state index in [-0.39, 0.29) is 18.0 Å². The summed E-state index contributed by atoms with van der Waals surface area (Å²) in [6, 6.07) is 30.9. The molecule has 1 aliphatic heterocycles. The highest BCUT2D eigenvalue weighted by Crippen LogP contribution is 2.33. The molecule has 1 saturated heterocycles. The molecule has 0 aliphatic carbocycles. The number of amides is 1. The van der Waals surface area contributed by atoms with Crippen LogP contribution in [0, 0.1) is 0 Å². The standard InChI is InChI=1S/C27H31N3O/c1-21(2)30(25(23-14-8-4-9-15-23)24-16-10-5-11-17-24)26(31)27(19-28-20-27)29-18-22-12-6-3-7-13-22/h3-17,21,25,28-29H,18-20H2,1-2H3. The molecule has 0 radical (unpaired) electrons. The fraction of sp³-hybridized carbons (Fsp3) is 0.296. The molecule has 0 spiro atoms. The van der Waals surface area contributed by atoms with E-state index in [1.54, 1.807) is 0 Å². The molecule has 31 heavy (non-hydrogen) atoms. The third-order valence-electron chi connectivity index (χ3n) is 6.04. The van der Waals surface area contributed by atoms with Crippen LogP contribution >= 0.6 is 0 Å². The van der Waals surface area contributed by atoms with Gasteiger partial charge in [-0.1, -0.05) is 91.0 Å². The Hall–Kier alpha value is -2.95. The molecule has 0 unspecified atom stereocenters. The number of carbonyl (C=O) groups excluding carboxylic acids is 1. The molecule has 1 fully saturated rings. The molecule has 0 atom stereocenters. The molecule has 0 saturated carbocycles. The van der Waals surface area contributed by atoms with E-state index in [2.05, 4.69) is 65.8 Å². The third kappa shape index (κ3) is 4.55. The first-order chi connectivity index (χ1) is 15.1. The van der Waals surface area contributed by atoms with Crippen molar-refractivity contribution in [1.82, 2.24) is 15.5 Å². The van der Waals surface area contributed by atoms with Gasteiger partial charge in [0.1, 0.15) is 5.54 Å². The average Bonchev–Trinajstić information content (AvgIpc) is 2.78. The lowest BCUT2D eigenvalue weighted by Crippen LogP contribution is -2.75. The van der Waals surface area contributed by atoms with Gasteiger partial charge in [-0.2, -0.15) is 0 Å². The summed E-state index contributed by atoms with van der Waals surface area (Å²) in [5.74, 6) is 0.148. The molecule has 2 N–H and O–H groups in total. The smallest absolute Gasteiger partial charge is 0.246 e. The number of carbonyl (C=O) groups is 1. The number of hydrogen-bond donors (Lipinski definition) is 2. The Morgan fingerprint density at radius 1 is 0.871 bits per heavy atom. The first-order valence-corrected chi connectivity index (χ1v) is 11.0. The maximum absolute atomic E-state index is 14.1. The van der Waals surface area contributed by atoms with Crippen molar-refractivity contribution in [2.45, 2.75) is 38.0 Å². The van der Waals surface area contributed by atoms with E-state index in [1.165, 1.54) is 5.56 Å². The van der Waals surface area contributed by atoms with E-state index < -0.39 is 5.54 Å². The second-order valence-corrected chi connectivity index (χ2v) is 8.55. The summed E-state index contributed by atoms with van der Waals surface area (Å²) < 4.78 is 0. The average molecular weight is 414 g/mol. The molecule has 1 heterocycles. The van der Waals surface area contributed by atoms with Gasteiger partial charge in [-0.05, 0) is 30.5 Å². The van der Waals surface area contributed by atoms with Crippen LogP contribution in [0.4, 0.5) is 0 Å². The minimum Gasteiger partial charge on any atom is -0.327 e. The van der Waals surface area contributed by atoms with Crippen LogP contribution in [0.1, 0.15) is 36.6 Å². The monoisotopic (exact) mass is 413 g/mol. The Kier molecular flexibility index (Phi) is 6.50. The van der Waals surface area contributed by atoms with Crippen LogP contribution in [0.3, 0.4) is 0 Å². The summed E-state index contributed by atoms with van der Waals surface area (Å²) in [5, 5.41) is 6.91. The van der Waals surface area contributed by atoms with Gasteiger partial charge >= 0.3 is 0 Å². The Morgan fingerprint density at radius 2 is 1.35 bits per heavy atom. The molecule has 160 valence electrons. The normalized spacial score (nSPS) is 15.0. The van der Waals surface area contributed by atoms with E-state index in [4.69, 9.17) is 0 Å². The van der Waals surface area contributed by atoms with Crippen molar-refractivity contribution in [2.24, 2.45) is 0 Å². The topological polar surface area (TPSA) is 44.4 Å². The maximum atomic E-state index is 14.1. The highest BCUT2D eigenvalue weighted by Gasteiger charge is 2.48. The van der Waals surface area contributed by atoms with Crippen molar-refractivity contribution in [1.29, 1.82) is 0 Å². The van der Waals surface area contributed by atoms with Crippen LogP contribution in [0.5, 0.6) is 0 Å². The van der Waals surface area contributed by atoms with Gasteiger partial charge in [0, 0.05) is 25.7 Å². The van der Waals surface area contributed by atoms with E-state index >= 15 is 0 Å². The SMILES string of the molecule is CC(C)N(C(=O)C1(NCc2ccccc2)CNC1)C(c1ccccc1)c1ccccc1. The lowest BCUT2D eigenvalue weighted by Gasteiger charge is -2.48. The van der Waals surface area contributed by atoms with Gasteiger partial charge in [-0.15, -0.1) is 0 Å². The van der Waals surface area contributed by atoms with Crippen molar-refractivity contribution in [3.8, 4) is 0 Å². The molecule has 4 heteroatoms. The van der Waals surface area contributed by atoms with E-state index in [0.717, 1.165) is 11.1 Å². The quantitative estimate of drug-likeness (QED) is 0.583. The Bertz CT molecular complexity index is 930. The second-order valence-electron chi connectivity index (χ2n) is 8.55. The summed E-state index contributed by atoms with van der Waals surface area (Å²) in [7, 11) is 0. The van der Waals surface area contributed by atoms with Crippen LogP contribution in [0.25, 0.3) is 0 Å². The Balaban J connectivity index is 1.67. The summed E-state index contributed by atoms with van der Waals surface area (Å²) >= 11 is 0. The number of nitrogens with one attached hydrogen (secondary N) is 2. The predicted molar refractivity (Wildman–Crippen MR) is 126 cm³/mol. The van der Waals surface area contributed by atoms with Crippen molar-refractivity contribution in [2.75, 3.05) is 13.1 Å². The third-order valence-corrected chi connectivity index (χ3v) is 6.04. The zero-order valence-electron chi connectivity index (χ0n) is 18.3. The van der Waals surface area contributed by atoms with Gasteiger partial charge in [-0.3, -0.25) is 10.1 Å². The first kappa shape index (κ1) is 21.3. The van der Waals surface area contributed by atoms with Gasteiger partial charge in [-0.25, -0.2) is 0 Å². The molecule has 1 amide bonds. The molecule has 0 bridgehead atoms. The van der Waals surface area contributed by atoms with E-state index in [1.807, 2.05) is 54.6 Å². The van der Waals surface area contributed by atoms with Gasteiger partial charge in [0.15, 0.2) is 0 Å². The lowest BCUT2D eigenvalue weighted by molar-refractivity contribution is -0.144. The Morgan fingerprint density at radius 3 is 1.77 bits per heavy atom. The molecule has 1 aliphatic rings. The van der Waals surface area contributed by atoms with Crippen molar-refractivity contribution < 1.29 is 4.79 Å². The zero-order chi connectivity index (χ0) is 21.7. The number of hydrogen-bond acceptors (Lipinski definition) is 3. The molecule has 0 aromatic heterocycles. The number of benzene rings is 3. The fourth-order valence-corrected chi connectivity index (χ4v) is 4.28. The van der Waals surface area contributed by atoms with Crippen LogP contribution in [-0.2, 0) is 11.3 Å². The van der Waals surface area contributed by atoms with Crippen LogP contribution < -0.4 is 10.6 Å². The summed E-state index contributed by atoms with van der Waals surface area (Å²) in [6.45, 7) is 6.15. The molecule has 4 rings (SSSR count). The molecule has 3 aromatic carbocycles. The first-order valence-electron chi connectivity index (χ1n) is 11.0. The molecular weight excluding hydrogens is 382 g/mol.